The molecule has 190 valence electrons. The van der Waals surface area contributed by atoms with Gasteiger partial charge in [-0.15, -0.1) is 5.10 Å². The molecule has 4 rings (SSSR count). The number of aromatic nitrogens is 5. The van der Waals surface area contributed by atoms with Crippen molar-refractivity contribution >= 4 is 22.8 Å². The van der Waals surface area contributed by atoms with Crippen LogP contribution in [0, 0.1) is 0 Å². The van der Waals surface area contributed by atoms with Gasteiger partial charge < -0.3 is 14.6 Å². The summed E-state index contributed by atoms with van der Waals surface area (Å²) in [5, 5.41) is 13.9. The summed E-state index contributed by atoms with van der Waals surface area (Å²) in [7, 11) is 0. The maximum Gasteiger partial charge on any atom is 0.416 e. The molecule has 0 aliphatic carbocycles. The number of nitrogens with one attached hydrogen (secondary N) is 2. The first-order valence-corrected chi connectivity index (χ1v) is 10.5. The normalized spacial score (nSPS) is 12.2. The van der Waals surface area contributed by atoms with Crippen molar-refractivity contribution in [3.05, 3.63) is 70.4 Å². The van der Waals surface area contributed by atoms with Gasteiger partial charge in [-0.3, -0.25) is 0 Å². The van der Waals surface area contributed by atoms with Crippen LogP contribution in [0.3, 0.4) is 0 Å². The van der Waals surface area contributed by atoms with Gasteiger partial charge in [0, 0.05) is 29.6 Å². The molecule has 2 aromatic heterocycles. The molecule has 0 bridgehead atoms. The Balaban J connectivity index is 1.79. The lowest BCUT2D eigenvalue weighted by atomic mass is 10.0. The fraction of sp³-hybridized carbons (Fsp3) is 0.273. The standard InChI is InChI=1S/C22H18F6N6O2/c1-2-36-19(35)18-16(15-5-3-4-6-17(15)29-18)11-34(20-30-32-33-31-20)10-12-7-13(21(23,24)25)9-14(8-12)22(26,27)28/h3-9,29H,2,10-11H2,1H3,(H,30,31,32,33). The highest BCUT2D eigenvalue weighted by molar-refractivity contribution is 5.98. The molecule has 0 saturated heterocycles. The summed E-state index contributed by atoms with van der Waals surface area (Å²) < 4.78 is 85.3. The van der Waals surface area contributed by atoms with Crippen LogP contribution in [0.2, 0.25) is 0 Å². The molecular formula is C22H18F6N6O2. The largest absolute Gasteiger partial charge is 0.461 e. The highest BCUT2D eigenvalue weighted by Crippen LogP contribution is 2.37. The second-order valence-electron chi connectivity index (χ2n) is 7.73. The summed E-state index contributed by atoms with van der Waals surface area (Å²) in [5.74, 6) is -0.767. The zero-order chi connectivity index (χ0) is 26.1. The van der Waals surface area contributed by atoms with Crippen LogP contribution in [0.4, 0.5) is 32.3 Å². The number of benzene rings is 2. The van der Waals surface area contributed by atoms with Crippen LogP contribution in [0.25, 0.3) is 10.9 Å². The van der Waals surface area contributed by atoms with Crippen molar-refractivity contribution in [1.82, 2.24) is 25.6 Å². The van der Waals surface area contributed by atoms with Crippen molar-refractivity contribution in [3.63, 3.8) is 0 Å². The van der Waals surface area contributed by atoms with E-state index in [0.717, 1.165) is 0 Å². The van der Waals surface area contributed by atoms with E-state index in [9.17, 15) is 31.1 Å². The van der Waals surface area contributed by atoms with E-state index < -0.39 is 36.0 Å². The molecule has 2 aromatic carbocycles. The van der Waals surface area contributed by atoms with E-state index in [1.54, 1.807) is 31.2 Å². The van der Waals surface area contributed by atoms with Gasteiger partial charge in [-0.2, -0.15) is 31.6 Å². The van der Waals surface area contributed by atoms with Gasteiger partial charge in [0.1, 0.15) is 5.69 Å². The number of esters is 1. The predicted molar refractivity (Wildman–Crippen MR) is 115 cm³/mol. The zero-order valence-corrected chi connectivity index (χ0v) is 18.5. The summed E-state index contributed by atoms with van der Waals surface area (Å²) in [5.41, 5.74) is -2.11. The van der Waals surface area contributed by atoms with E-state index in [1.165, 1.54) is 4.90 Å². The summed E-state index contributed by atoms with van der Waals surface area (Å²) in [6.45, 7) is 1.11. The lowest BCUT2D eigenvalue weighted by Crippen LogP contribution is -2.25. The van der Waals surface area contributed by atoms with Gasteiger partial charge in [0.05, 0.1) is 17.7 Å². The number of tetrazole rings is 1. The minimum atomic E-state index is -5.00. The third-order valence-corrected chi connectivity index (χ3v) is 5.28. The maximum atomic E-state index is 13.4. The monoisotopic (exact) mass is 512 g/mol. The maximum absolute atomic E-state index is 13.4. The van der Waals surface area contributed by atoms with E-state index in [4.69, 9.17) is 4.74 Å². The molecule has 4 aromatic rings. The number of rotatable bonds is 7. The Labute approximate surface area is 199 Å². The molecule has 0 aliphatic heterocycles. The highest BCUT2D eigenvalue weighted by atomic mass is 19.4. The number of nitrogens with zero attached hydrogens (tertiary/aromatic N) is 4. The van der Waals surface area contributed by atoms with E-state index in [-0.39, 0.29) is 36.4 Å². The van der Waals surface area contributed by atoms with Crippen molar-refractivity contribution in [2.75, 3.05) is 11.5 Å². The predicted octanol–water partition coefficient (Wildman–Crippen LogP) is 5.10. The molecule has 0 amide bonds. The van der Waals surface area contributed by atoms with Crippen LogP contribution >= 0.6 is 0 Å². The highest BCUT2D eigenvalue weighted by Gasteiger charge is 2.37. The number of hydrogen-bond donors (Lipinski definition) is 2. The van der Waals surface area contributed by atoms with Gasteiger partial charge in [0.25, 0.3) is 5.95 Å². The van der Waals surface area contributed by atoms with Crippen molar-refractivity contribution in [2.24, 2.45) is 0 Å². The van der Waals surface area contributed by atoms with E-state index in [1.807, 2.05) is 0 Å². The Morgan fingerprint density at radius 3 is 2.25 bits per heavy atom. The minimum Gasteiger partial charge on any atom is -0.461 e. The number of anilines is 1. The van der Waals surface area contributed by atoms with Gasteiger partial charge in [-0.1, -0.05) is 23.3 Å². The van der Waals surface area contributed by atoms with Crippen LogP contribution in [0.15, 0.2) is 42.5 Å². The topological polar surface area (TPSA) is 99.8 Å². The average molecular weight is 512 g/mol. The molecule has 36 heavy (non-hydrogen) atoms. The number of fused-ring (bicyclic) bond motifs is 1. The average Bonchev–Trinajstić information content (AvgIpc) is 3.46. The Bertz CT molecular complexity index is 1330. The van der Waals surface area contributed by atoms with Crippen LogP contribution in [-0.4, -0.2) is 38.2 Å². The fourth-order valence-corrected chi connectivity index (χ4v) is 3.75. The fourth-order valence-electron chi connectivity index (χ4n) is 3.75. The van der Waals surface area contributed by atoms with Crippen LogP contribution in [0.5, 0.6) is 0 Å². The van der Waals surface area contributed by atoms with Crippen molar-refractivity contribution in [1.29, 1.82) is 0 Å². The number of hydrogen-bond acceptors (Lipinski definition) is 6. The number of halogens is 6. The third-order valence-electron chi connectivity index (χ3n) is 5.28. The molecule has 0 unspecified atom stereocenters. The lowest BCUT2D eigenvalue weighted by molar-refractivity contribution is -0.143. The smallest absolute Gasteiger partial charge is 0.416 e. The van der Waals surface area contributed by atoms with Gasteiger partial charge in [-0.05, 0) is 42.0 Å². The molecule has 0 aliphatic rings. The summed E-state index contributed by atoms with van der Waals surface area (Å²) in [4.78, 5) is 16.9. The van der Waals surface area contributed by atoms with Gasteiger partial charge in [0.2, 0.25) is 0 Å². The number of H-pyrrole nitrogens is 2. The first-order chi connectivity index (χ1) is 17.0. The number of ether oxygens (including phenoxy) is 1. The Kier molecular flexibility index (Phi) is 6.61. The second-order valence-corrected chi connectivity index (χ2v) is 7.73. The Hall–Kier alpha value is -4.10. The number of alkyl halides is 6. The first-order valence-electron chi connectivity index (χ1n) is 10.5. The minimum absolute atomic E-state index is 0.0563. The number of carbonyl (C=O) groups is 1. The lowest BCUT2D eigenvalue weighted by Gasteiger charge is -2.22. The molecule has 0 saturated carbocycles. The molecule has 0 fully saturated rings. The van der Waals surface area contributed by atoms with Crippen molar-refractivity contribution in [2.45, 2.75) is 32.4 Å². The van der Waals surface area contributed by atoms with Crippen LogP contribution in [0.1, 0.15) is 39.7 Å². The third kappa shape index (κ3) is 5.26. The van der Waals surface area contributed by atoms with Crippen molar-refractivity contribution in [3.8, 4) is 0 Å². The van der Waals surface area contributed by atoms with Gasteiger partial charge in [0.15, 0.2) is 0 Å². The molecule has 8 nitrogen and oxygen atoms in total. The zero-order valence-electron chi connectivity index (χ0n) is 18.5. The molecule has 2 heterocycles. The molecule has 0 radical (unpaired) electrons. The first kappa shape index (κ1) is 25.0. The van der Waals surface area contributed by atoms with Crippen molar-refractivity contribution < 1.29 is 35.9 Å². The SMILES string of the molecule is CCOC(=O)c1[nH]c2ccccc2c1CN(Cc1cc(C(F)(F)F)cc(C(F)(F)F)c1)c1nn[nH]n1. The summed E-state index contributed by atoms with van der Waals surface area (Å²) in [6, 6.07) is 8.19. The molecule has 2 N–H and O–H groups in total. The van der Waals surface area contributed by atoms with E-state index in [0.29, 0.717) is 28.6 Å². The van der Waals surface area contributed by atoms with Crippen LogP contribution < -0.4 is 4.90 Å². The molecule has 0 spiro atoms. The Morgan fingerprint density at radius 2 is 1.67 bits per heavy atom. The molecular weight excluding hydrogens is 494 g/mol. The van der Waals surface area contributed by atoms with Gasteiger partial charge in [-0.25, -0.2) is 4.79 Å². The van der Waals surface area contributed by atoms with Gasteiger partial charge >= 0.3 is 18.3 Å². The van der Waals surface area contributed by atoms with Crippen LogP contribution in [-0.2, 0) is 30.2 Å². The summed E-state index contributed by atoms with van der Waals surface area (Å²) >= 11 is 0. The molecule has 14 heteroatoms. The Morgan fingerprint density at radius 1 is 1.00 bits per heavy atom. The number of aromatic amines is 2. The van der Waals surface area contributed by atoms with E-state index in [2.05, 4.69) is 25.6 Å². The summed E-state index contributed by atoms with van der Waals surface area (Å²) in [6.07, 6.45) is -10.00. The molecule has 0 atom stereocenters. The second kappa shape index (κ2) is 9.51. The number of para-hydroxylation sites is 1. The van der Waals surface area contributed by atoms with E-state index >= 15 is 0 Å². The quantitative estimate of drug-likeness (QED) is 0.264. The number of carbonyl (C=O) groups excluding carboxylic acids is 1.